The number of nitrogens with zero attached hydrogens (tertiary/aromatic N) is 1. The van der Waals surface area contributed by atoms with Crippen LogP contribution in [0.2, 0.25) is 5.02 Å². The van der Waals surface area contributed by atoms with E-state index in [1.54, 1.807) is 6.92 Å². The summed E-state index contributed by atoms with van der Waals surface area (Å²) < 4.78 is 0. The summed E-state index contributed by atoms with van der Waals surface area (Å²) in [5.41, 5.74) is 2.17. The van der Waals surface area contributed by atoms with Crippen LogP contribution in [0, 0.1) is 0 Å². The number of benzene rings is 1. The maximum absolute atomic E-state index is 9.40. The largest absolute Gasteiger partial charge is 0.392 e. The summed E-state index contributed by atoms with van der Waals surface area (Å²) in [7, 11) is 0. The number of hydrogen-bond acceptors (Lipinski definition) is 3. The zero-order chi connectivity index (χ0) is 10.8. The van der Waals surface area contributed by atoms with Crippen LogP contribution >= 0.6 is 11.6 Å². The average molecular weight is 227 g/mol. The molecule has 0 radical (unpaired) electrons. The SMILES string of the molecule is CC(O)CN1CCNc2ccc(Cl)cc21. The van der Waals surface area contributed by atoms with Gasteiger partial charge in [0.15, 0.2) is 0 Å². The number of aliphatic hydroxyl groups excluding tert-OH is 1. The summed E-state index contributed by atoms with van der Waals surface area (Å²) in [6, 6.07) is 5.79. The Kier molecular flexibility index (Phi) is 3.03. The second-order valence-corrected chi connectivity index (χ2v) is 4.32. The van der Waals surface area contributed by atoms with E-state index in [0.29, 0.717) is 6.54 Å². The van der Waals surface area contributed by atoms with E-state index < -0.39 is 0 Å². The molecule has 1 aliphatic heterocycles. The van der Waals surface area contributed by atoms with Crippen molar-refractivity contribution in [3.8, 4) is 0 Å². The van der Waals surface area contributed by atoms with Crippen molar-refractivity contribution in [2.24, 2.45) is 0 Å². The molecule has 2 N–H and O–H groups in total. The molecular weight excluding hydrogens is 212 g/mol. The van der Waals surface area contributed by atoms with Gasteiger partial charge in [0.2, 0.25) is 0 Å². The Morgan fingerprint density at radius 3 is 3.13 bits per heavy atom. The highest BCUT2D eigenvalue weighted by molar-refractivity contribution is 6.31. The van der Waals surface area contributed by atoms with E-state index in [1.807, 2.05) is 18.2 Å². The van der Waals surface area contributed by atoms with Gasteiger partial charge >= 0.3 is 0 Å². The van der Waals surface area contributed by atoms with Crippen molar-refractivity contribution in [2.45, 2.75) is 13.0 Å². The third kappa shape index (κ3) is 2.36. The molecule has 3 nitrogen and oxygen atoms in total. The second kappa shape index (κ2) is 4.29. The molecule has 0 bridgehead atoms. The summed E-state index contributed by atoms with van der Waals surface area (Å²) in [6.45, 7) is 4.25. The smallest absolute Gasteiger partial charge is 0.0687 e. The highest BCUT2D eigenvalue weighted by atomic mass is 35.5. The van der Waals surface area contributed by atoms with Crippen molar-refractivity contribution < 1.29 is 5.11 Å². The van der Waals surface area contributed by atoms with Gasteiger partial charge in [-0.15, -0.1) is 0 Å². The molecule has 0 aliphatic carbocycles. The molecule has 0 fully saturated rings. The Morgan fingerprint density at radius 2 is 2.40 bits per heavy atom. The fourth-order valence-electron chi connectivity index (χ4n) is 1.87. The van der Waals surface area contributed by atoms with Gasteiger partial charge in [0.1, 0.15) is 0 Å². The number of rotatable bonds is 2. The fraction of sp³-hybridized carbons (Fsp3) is 0.455. The van der Waals surface area contributed by atoms with Crippen molar-refractivity contribution in [1.29, 1.82) is 0 Å². The minimum Gasteiger partial charge on any atom is -0.392 e. The minimum atomic E-state index is -0.324. The minimum absolute atomic E-state index is 0.324. The summed E-state index contributed by atoms with van der Waals surface area (Å²) >= 11 is 5.96. The second-order valence-electron chi connectivity index (χ2n) is 3.88. The normalized spacial score (nSPS) is 16.9. The lowest BCUT2D eigenvalue weighted by Crippen LogP contribution is -2.38. The maximum atomic E-state index is 9.40. The van der Waals surface area contributed by atoms with Crippen LogP contribution in [0.5, 0.6) is 0 Å². The highest BCUT2D eigenvalue weighted by Gasteiger charge is 2.17. The molecule has 2 rings (SSSR count). The predicted molar refractivity (Wildman–Crippen MR) is 63.8 cm³/mol. The van der Waals surface area contributed by atoms with E-state index in [2.05, 4.69) is 10.2 Å². The lowest BCUT2D eigenvalue weighted by Gasteiger charge is -2.33. The molecule has 1 atom stereocenters. The summed E-state index contributed by atoms with van der Waals surface area (Å²) in [4.78, 5) is 2.16. The van der Waals surface area contributed by atoms with E-state index in [4.69, 9.17) is 11.6 Å². The van der Waals surface area contributed by atoms with Crippen molar-refractivity contribution >= 4 is 23.0 Å². The van der Waals surface area contributed by atoms with Crippen LogP contribution in [0.1, 0.15) is 6.92 Å². The quantitative estimate of drug-likeness (QED) is 0.809. The van der Waals surface area contributed by atoms with Gasteiger partial charge in [-0.05, 0) is 25.1 Å². The van der Waals surface area contributed by atoms with Crippen molar-refractivity contribution in [3.05, 3.63) is 23.2 Å². The summed E-state index contributed by atoms with van der Waals surface area (Å²) in [5.74, 6) is 0. The molecule has 4 heteroatoms. The summed E-state index contributed by atoms with van der Waals surface area (Å²) in [5, 5.41) is 13.4. The molecule has 1 heterocycles. The van der Waals surface area contributed by atoms with E-state index in [9.17, 15) is 5.11 Å². The molecule has 1 unspecified atom stereocenters. The molecule has 15 heavy (non-hydrogen) atoms. The number of anilines is 2. The molecular formula is C11H15ClN2O. The van der Waals surface area contributed by atoms with Gasteiger partial charge in [-0.2, -0.15) is 0 Å². The number of aliphatic hydroxyl groups is 1. The van der Waals surface area contributed by atoms with Gasteiger partial charge in [0.25, 0.3) is 0 Å². The van der Waals surface area contributed by atoms with Crippen LogP contribution in [-0.2, 0) is 0 Å². The van der Waals surface area contributed by atoms with Crippen LogP contribution in [0.15, 0.2) is 18.2 Å². The monoisotopic (exact) mass is 226 g/mol. The Hall–Kier alpha value is -0.930. The van der Waals surface area contributed by atoms with Crippen LogP contribution < -0.4 is 10.2 Å². The van der Waals surface area contributed by atoms with Gasteiger partial charge in [0.05, 0.1) is 17.5 Å². The van der Waals surface area contributed by atoms with Gasteiger partial charge in [-0.1, -0.05) is 11.6 Å². The number of nitrogens with one attached hydrogen (secondary N) is 1. The zero-order valence-electron chi connectivity index (χ0n) is 8.70. The molecule has 82 valence electrons. The first-order valence-electron chi connectivity index (χ1n) is 5.13. The van der Waals surface area contributed by atoms with Gasteiger partial charge in [0, 0.05) is 24.7 Å². The first-order chi connectivity index (χ1) is 7.16. The third-order valence-electron chi connectivity index (χ3n) is 2.48. The molecule has 0 saturated heterocycles. The highest BCUT2D eigenvalue weighted by Crippen LogP contribution is 2.31. The molecule has 0 aromatic heterocycles. The Bertz CT molecular complexity index is 354. The van der Waals surface area contributed by atoms with Crippen LogP contribution in [0.3, 0.4) is 0 Å². The van der Waals surface area contributed by atoms with Crippen LogP contribution in [-0.4, -0.2) is 30.8 Å². The standard InChI is InChI=1S/C11H15ClN2O/c1-8(15)7-14-5-4-13-10-3-2-9(12)6-11(10)14/h2-3,6,8,13,15H,4-5,7H2,1H3. The van der Waals surface area contributed by atoms with Crippen molar-refractivity contribution in [1.82, 2.24) is 0 Å². The maximum Gasteiger partial charge on any atom is 0.0687 e. The molecule has 1 aromatic carbocycles. The Labute approximate surface area is 94.7 Å². The molecule has 1 aliphatic rings. The van der Waals surface area contributed by atoms with Crippen LogP contribution in [0.25, 0.3) is 0 Å². The number of halogens is 1. The number of hydrogen-bond donors (Lipinski definition) is 2. The molecule has 0 saturated carbocycles. The zero-order valence-corrected chi connectivity index (χ0v) is 9.46. The number of β-amino-alcohol motifs (C(OH)–C–C–N with tert-alkyl or cyclic N) is 1. The summed E-state index contributed by atoms with van der Waals surface area (Å²) in [6.07, 6.45) is -0.324. The Morgan fingerprint density at radius 1 is 1.60 bits per heavy atom. The van der Waals surface area contributed by atoms with E-state index in [1.165, 1.54) is 0 Å². The number of fused-ring (bicyclic) bond motifs is 1. The van der Waals surface area contributed by atoms with Crippen LogP contribution in [0.4, 0.5) is 11.4 Å². The topological polar surface area (TPSA) is 35.5 Å². The lowest BCUT2D eigenvalue weighted by atomic mass is 10.2. The third-order valence-corrected chi connectivity index (χ3v) is 2.72. The fourth-order valence-corrected chi connectivity index (χ4v) is 2.04. The first-order valence-corrected chi connectivity index (χ1v) is 5.51. The van der Waals surface area contributed by atoms with Gasteiger partial charge in [-0.25, -0.2) is 0 Å². The first kappa shape index (κ1) is 10.6. The van der Waals surface area contributed by atoms with E-state index >= 15 is 0 Å². The predicted octanol–water partition coefficient (Wildman–Crippen LogP) is 1.95. The molecule has 0 spiro atoms. The van der Waals surface area contributed by atoms with E-state index in [0.717, 1.165) is 29.5 Å². The van der Waals surface area contributed by atoms with Gasteiger partial charge < -0.3 is 15.3 Å². The lowest BCUT2D eigenvalue weighted by molar-refractivity contribution is 0.200. The van der Waals surface area contributed by atoms with Crippen molar-refractivity contribution in [3.63, 3.8) is 0 Å². The van der Waals surface area contributed by atoms with Gasteiger partial charge in [-0.3, -0.25) is 0 Å². The Balaban J connectivity index is 2.28. The average Bonchev–Trinajstić information content (AvgIpc) is 2.18. The van der Waals surface area contributed by atoms with E-state index in [-0.39, 0.29) is 6.10 Å². The molecule has 0 amide bonds. The molecule has 1 aromatic rings. The van der Waals surface area contributed by atoms with Crippen molar-refractivity contribution in [2.75, 3.05) is 29.9 Å².